The zero-order valence-corrected chi connectivity index (χ0v) is 11.9. The highest BCUT2D eigenvalue weighted by Gasteiger charge is 2.08. The first kappa shape index (κ1) is 14.9. The lowest BCUT2D eigenvalue weighted by atomic mass is 10.1. The number of nitrogen functional groups attached to an aromatic ring is 1. The van der Waals surface area contributed by atoms with Crippen LogP contribution in [0.25, 0.3) is 0 Å². The van der Waals surface area contributed by atoms with Crippen LogP contribution in [-0.4, -0.2) is 19.6 Å². The number of methoxy groups -OCH3 is 1. The Labute approximate surface area is 123 Å². The van der Waals surface area contributed by atoms with Crippen molar-refractivity contribution >= 4 is 23.0 Å². The third-order valence-corrected chi connectivity index (χ3v) is 3.19. The van der Waals surface area contributed by atoms with E-state index in [1.807, 2.05) is 30.3 Å². The van der Waals surface area contributed by atoms with Gasteiger partial charge in [0.05, 0.1) is 12.2 Å². The second-order valence-corrected chi connectivity index (χ2v) is 4.69. The van der Waals surface area contributed by atoms with Crippen molar-refractivity contribution in [3.8, 4) is 0 Å². The van der Waals surface area contributed by atoms with Gasteiger partial charge in [0.25, 0.3) is 5.91 Å². The van der Waals surface area contributed by atoms with Crippen molar-refractivity contribution < 1.29 is 9.53 Å². The van der Waals surface area contributed by atoms with Gasteiger partial charge in [0.1, 0.15) is 0 Å². The molecule has 1 amide bonds. The van der Waals surface area contributed by atoms with Gasteiger partial charge in [0.2, 0.25) is 0 Å². The van der Waals surface area contributed by atoms with Crippen molar-refractivity contribution in [2.24, 2.45) is 5.73 Å². The number of para-hydroxylation sites is 1. The Hall–Kier alpha value is -2.53. The fraction of sp³-hybridized carbons (Fsp3) is 0.188. The molecule has 0 aliphatic heterocycles. The van der Waals surface area contributed by atoms with Gasteiger partial charge < -0.3 is 21.5 Å². The highest BCUT2D eigenvalue weighted by atomic mass is 16.5. The number of rotatable bonds is 6. The summed E-state index contributed by atoms with van der Waals surface area (Å²) in [5, 5.41) is 3.29. The molecule has 0 aromatic heterocycles. The van der Waals surface area contributed by atoms with Crippen LogP contribution in [0.15, 0.2) is 42.5 Å². The summed E-state index contributed by atoms with van der Waals surface area (Å²) in [6, 6.07) is 13.1. The average Bonchev–Trinajstić information content (AvgIpc) is 2.48. The van der Waals surface area contributed by atoms with Gasteiger partial charge >= 0.3 is 0 Å². The monoisotopic (exact) mass is 285 g/mol. The number of ether oxygens (including phenoxy) is 1. The van der Waals surface area contributed by atoms with E-state index in [2.05, 4.69) is 5.32 Å². The van der Waals surface area contributed by atoms with E-state index in [4.69, 9.17) is 16.2 Å². The summed E-state index contributed by atoms with van der Waals surface area (Å²) >= 11 is 0. The van der Waals surface area contributed by atoms with Gasteiger partial charge in [-0.05, 0) is 36.2 Å². The van der Waals surface area contributed by atoms with Crippen molar-refractivity contribution in [1.29, 1.82) is 0 Å². The molecule has 0 aliphatic carbocycles. The highest BCUT2D eigenvalue weighted by molar-refractivity contribution is 5.99. The van der Waals surface area contributed by atoms with Gasteiger partial charge in [-0.15, -0.1) is 0 Å². The molecular formula is C16H19N3O2. The normalized spacial score (nSPS) is 10.3. The summed E-state index contributed by atoms with van der Waals surface area (Å²) in [4.78, 5) is 11.3. The number of anilines is 3. The van der Waals surface area contributed by atoms with Crippen LogP contribution in [0.2, 0.25) is 0 Å². The molecule has 0 saturated carbocycles. The highest BCUT2D eigenvalue weighted by Crippen LogP contribution is 2.24. The van der Waals surface area contributed by atoms with Crippen molar-refractivity contribution in [1.82, 2.24) is 0 Å². The molecule has 5 nitrogen and oxygen atoms in total. The number of hydrogen-bond donors (Lipinski definition) is 3. The van der Waals surface area contributed by atoms with Gasteiger partial charge in [0, 0.05) is 24.2 Å². The lowest BCUT2D eigenvalue weighted by molar-refractivity contribution is 0.100. The van der Waals surface area contributed by atoms with Crippen molar-refractivity contribution in [3.05, 3.63) is 53.6 Å². The van der Waals surface area contributed by atoms with Crippen LogP contribution in [0.5, 0.6) is 0 Å². The Kier molecular flexibility index (Phi) is 4.79. The smallest absolute Gasteiger partial charge is 0.250 e. The second kappa shape index (κ2) is 6.76. The van der Waals surface area contributed by atoms with Crippen LogP contribution < -0.4 is 16.8 Å². The molecule has 110 valence electrons. The maximum Gasteiger partial charge on any atom is 0.250 e. The zero-order valence-electron chi connectivity index (χ0n) is 11.9. The van der Waals surface area contributed by atoms with Gasteiger partial charge in [-0.3, -0.25) is 4.79 Å². The molecule has 2 rings (SSSR count). The first-order chi connectivity index (χ1) is 10.1. The number of amides is 1. The molecule has 5 N–H and O–H groups in total. The summed E-state index contributed by atoms with van der Waals surface area (Å²) in [7, 11) is 1.68. The fourth-order valence-corrected chi connectivity index (χ4v) is 2.08. The van der Waals surface area contributed by atoms with Crippen molar-refractivity contribution in [2.45, 2.75) is 6.42 Å². The van der Waals surface area contributed by atoms with Crippen LogP contribution in [0, 0.1) is 0 Å². The Morgan fingerprint density at radius 1 is 1.24 bits per heavy atom. The third-order valence-electron chi connectivity index (χ3n) is 3.19. The summed E-state index contributed by atoms with van der Waals surface area (Å²) in [6.07, 6.45) is 0.803. The average molecular weight is 285 g/mol. The lowest BCUT2D eigenvalue weighted by Gasteiger charge is -2.13. The number of primary amides is 1. The summed E-state index contributed by atoms with van der Waals surface area (Å²) in [5.41, 5.74) is 14.6. The first-order valence-corrected chi connectivity index (χ1v) is 6.65. The minimum Gasteiger partial charge on any atom is -0.398 e. The number of carbonyl (C=O) groups excluding carboxylic acids is 1. The SMILES string of the molecule is COCCc1ccccc1Nc1ccc(N)c(C(N)=O)c1. The van der Waals surface area contributed by atoms with Crippen molar-refractivity contribution in [3.63, 3.8) is 0 Å². The third kappa shape index (κ3) is 3.73. The van der Waals surface area contributed by atoms with Crippen LogP contribution in [-0.2, 0) is 11.2 Å². The predicted molar refractivity (Wildman–Crippen MR) is 84.7 cm³/mol. The molecule has 0 atom stereocenters. The Balaban J connectivity index is 2.26. The molecular weight excluding hydrogens is 266 g/mol. The molecule has 0 spiro atoms. The number of benzene rings is 2. The topological polar surface area (TPSA) is 90.4 Å². The molecule has 0 radical (unpaired) electrons. The molecule has 21 heavy (non-hydrogen) atoms. The lowest BCUT2D eigenvalue weighted by Crippen LogP contribution is -2.13. The molecule has 5 heteroatoms. The number of carbonyl (C=O) groups is 1. The summed E-state index contributed by atoms with van der Waals surface area (Å²) in [6.45, 7) is 0.646. The predicted octanol–water partition coefficient (Wildman–Crippen LogP) is 2.30. The van der Waals surface area contributed by atoms with E-state index in [1.54, 1.807) is 19.2 Å². The minimum atomic E-state index is -0.538. The number of nitrogens with two attached hydrogens (primary N) is 2. The van der Waals surface area contributed by atoms with Crippen LogP contribution >= 0.6 is 0 Å². The van der Waals surface area contributed by atoms with Crippen LogP contribution in [0.3, 0.4) is 0 Å². The molecule has 0 fully saturated rings. The molecule has 2 aromatic rings. The number of nitrogens with one attached hydrogen (secondary N) is 1. The molecule has 0 unspecified atom stereocenters. The minimum absolute atomic E-state index is 0.314. The summed E-state index contributed by atoms with van der Waals surface area (Å²) < 4.78 is 5.11. The molecule has 0 saturated heterocycles. The second-order valence-electron chi connectivity index (χ2n) is 4.69. The van der Waals surface area contributed by atoms with Gasteiger partial charge in [-0.2, -0.15) is 0 Å². The van der Waals surface area contributed by atoms with Crippen molar-refractivity contribution in [2.75, 3.05) is 24.8 Å². The van der Waals surface area contributed by atoms with Crippen LogP contribution in [0.1, 0.15) is 15.9 Å². The van der Waals surface area contributed by atoms with E-state index >= 15 is 0 Å². The van der Waals surface area contributed by atoms with E-state index in [9.17, 15) is 4.79 Å². The van der Waals surface area contributed by atoms with E-state index in [0.717, 1.165) is 23.4 Å². The molecule has 0 heterocycles. The number of hydrogen-bond acceptors (Lipinski definition) is 4. The molecule has 0 bridgehead atoms. The van der Waals surface area contributed by atoms with E-state index in [1.165, 1.54) is 0 Å². The fourth-order valence-electron chi connectivity index (χ4n) is 2.08. The van der Waals surface area contributed by atoms with Gasteiger partial charge in [-0.25, -0.2) is 0 Å². The molecule has 2 aromatic carbocycles. The first-order valence-electron chi connectivity index (χ1n) is 6.65. The van der Waals surface area contributed by atoms with E-state index < -0.39 is 5.91 Å². The Morgan fingerprint density at radius 3 is 2.71 bits per heavy atom. The maximum absolute atomic E-state index is 11.3. The van der Waals surface area contributed by atoms with Gasteiger partial charge in [0.15, 0.2) is 0 Å². The summed E-state index contributed by atoms with van der Waals surface area (Å²) in [5.74, 6) is -0.538. The van der Waals surface area contributed by atoms with Gasteiger partial charge in [-0.1, -0.05) is 18.2 Å². The van der Waals surface area contributed by atoms with E-state index in [-0.39, 0.29) is 0 Å². The standard InChI is InChI=1S/C16H19N3O2/c1-21-9-8-11-4-2-3-5-15(11)19-12-6-7-14(17)13(10-12)16(18)20/h2-7,10,19H,8-9,17H2,1H3,(H2,18,20). The molecule has 0 aliphatic rings. The Bertz CT molecular complexity index is 641. The van der Waals surface area contributed by atoms with E-state index in [0.29, 0.717) is 17.9 Å². The van der Waals surface area contributed by atoms with Crippen LogP contribution in [0.4, 0.5) is 17.1 Å². The largest absolute Gasteiger partial charge is 0.398 e. The quantitative estimate of drug-likeness (QED) is 0.710. The Morgan fingerprint density at radius 2 is 2.00 bits per heavy atom. The maximum atomic E-state index is 11.3. The zero-order chi connectivity index (χ0) is 15.2.